The molecule has 0 bridgehead atoms. The number of methoxy groups -OCH3 is 1. The maximum Gasteiger partial charge on any atom is 0.147 e. The Morgan fingerprint density at radius 2 is 1.92 bits per heavy atom. The molecule has 0 saturated heterocycles. The van der Waals surface area contributed by atoms with Gasteiger partial charge in [-0.1, -0.05) is 0 Å². The van der Waals surface area contributed by atoms with E-state index in [1.165, 1.54) is 0 Å². The Morgan fingerprint density at radius 1 is 1.33 bits per heavy atom. The van der Waals surface area contributed by atoms with Crippen molar-refractivity contribution in [3.8, 4) is 11.5 Å². The van der Waals surface area contributed by atoms with Crippen LogP contribution < -0.4 is 4.74 Å². The van der Waals surface area contributed by atoms with Gasteiger partial charge in [-0.2, -0.15) is 0 Å². The van der Waals surface area contributed by atoms with Crippen LogP contribution in [0.1, 0.15) is 5.56 Å². The second-order valence-corrected chi connectivity index (χ2v) is 3.96. The molecule has 0 saturated carbocycles. The average Bonchev–Trinajstić information content (AvgIpc) is 2.08. The maximum atomic E-state index is 9.53. The van der Waals surface area contributed by atoms with E-state index in [4.69, 9.17) is 4.74 Å². The summed E-state index contributed by atoms with van der Waals surface area (Å²) in [6, 6.07) is 1.84. The molecule has 12 heavy (non-hydrogen) atoms. The molecule has 4 heteroatoms. The first-order valence-corrected chi connectivity index (χ1v) is 4.88. The van der Waals surface area contributed by atoms with Crippen LogP contribution in [0.3, 0.4) is 0 Å². The minimum absolute atomic E-state index is 0.173. The van der Waals surface area contributed by atoms with E-state index < -0.39 is 0 Å². The molecule has 0 aliphatic carbocycles. The Hall–Kier alpha value is -0.220. The van der Waals surface area contributed by atoms with Gasteiger partial charge in [0.15, 0.2) is 0 Å². The van der Waals surface area contributed by atoms with Gasteiger partial charge in [0.05, 0.1) is 11.6 Å². The summed E-state index contributed by atoms with van der Waals surface area (Å²) in [6.07, 6.45) is 0. The summed E-state index contributed by atoms with van der Waals surface area (Å²) in [5, 5.41) is 9.53. The number of phenolic OH excluding ortho intramolecular Hbond substituents is 1. The van der Waals surface area contributed by atoms with Crippen molar-refractivity contribution in [1.29, 1.82) is 0 Å². The van der Waals surface area contributed by atoms with Crippen molar-refractivity contribution in [1.82, 2.24) is 0 Å². The lowest BCUT2D eigenvalue weighted by molar-refractivity contribution is 0.402. The summed E-state index contributed by atoms with van der Waals surface area (Å²) in [6.45, 7) is 1.89. The van der Waals surface area contributed by atoms with Crippen LogP contribution in [0.25, 0.3) is 0 Å². The van der Waals surface area contributed by atoms with E-state index in [1.54, 1.807) is 7.11 Å². The number of hydrogen-bond acceptors (Lipinski definition) is 2. The second-order valence-electron chi connectivity index (χ2n) is 2.37. The van der Waals surface area contributed by atoms with E-state index in [9.17, 15) is 5.11 Å². The molecule has 1 aromatic rings. The van der Waals surface area contributed by atoms with Gasteiger partial charge >= 0.3 is 0 Å². The highest BCUT2D eigenvalue weighted by molar-refractivity contribution is 9.11. The standard InChI is InChI=1S/C8H8Br2O2/c1-4-3-5(12-2)7(10)8(11)6(4)9/h3,11H,1-2H3. The molecule has 0 fully saturated rings. The van der Waals surface area contributed by atoms with Crippen molar-refractivity contribution in [2.24, 2.45) is 0 Å². The Kier molecular flexibility index (Phi) is 3.01. The Balaban J connectivity index is 3.39. The lowest BCUT2D eigenvalue weighted by atomic mass is 10.2. The molecule has 0 radical (unpaired) electrons. The van der Waals surface area contributed by atoms with Crippen LogP contribution in [-0.2, 0) is 0 Å². The fourth-order valence-electron chi connectivity index (χ4n) is 0.872. The molecule has 0 spiro atoms. The topological polar surface area (TPSA) is 29.5 Å². The lowest BCUT2D eigenvalue weighted by Gasteiger charge is -2.08. The number of halogens is 2. The van der Waals surface area contributed by atoms with Crippen molar-refractivity contribution in [2.75, 3.05) is 7.11 Å². The van der Waals surface area contributed by atoms with Gasteiger partial charge in [0.25, 0.3) is 0 Å². The molecule has 1 aromatic carbocycles. The quantitative estimate of drug-likeness (QED) is 0.862. The molecule has 0 unspecified atom stereocenters. The second kappa shape index (κ2) is 3.66. The summed E-state index contributed by atoms with van der Waals surface area (Å²) >= 11 is 6.48. The van der Waals surface area contributed by atoms with Crippen LogP contribution in [0.2, 0.25) is 0 Å². The number of ether oxygens (including phenoxy) is 1. The largest absolute Gasteiger partial charge is 0.505 e. The third kappa shape index (κ3) is 1.59. The average molecular weight is 296 g/mol. The molecule has 1 rings (SSSR count). The third-order valence-electron chi connectivity index (χ3n) is 1.55. The minimum Gasteiger partial charge on any atom is -0.505 e. The van der Waals surface area contributed by atoms with E-state index in [0.29, 0.717) is 14.7 Å². The van der Waals surface area contributed by atoms with Gasteiger partial charge in [0, 0.05) is 0 Å². The van der Waals surface area contributed by atoms with E-state index in [1.807, 2.05) is 13.0 Å². The van der Waals surface area contributed by atoms with E-state index >= 15 is 0 Å². The summed E-state index contributed by atoms with van der Waals surface area (Å²) in [4.78, 5) is 0. The van der Waals surface area contributed by atoms with Gasteiger partial charge in [-0.15, -0.1) is 0 Å². The zero-order valence-corrected chi connectivity index (χ0v) is 9.86. The Bertz CT molecular complexity index is 310. The number of aromatic hydroxyl groups is 1. The zero-order chi connectivity index (χ0) is 9.30. The van der Waals surface area contributed by atoms with Gasteiger partial charge in [0.1, 0.15) is 16.0 Å². The number of hydrogen-bond donors (Lipinski definition) is 1. The summed E-state index contributed by atoms with van der Waals surface area (Å²) in [5.41, 5.74) is 0.938. The molecule has 0 heterocycles. The molecule has 66 valence electrons. The van der Waals surface area contributed by atoms with Crippen molar-refractivity contribution in [2.45, 2.75) is 6.92 Å². The van der Waals surface area contributed by atoms with Crippen LogP contribution in [0, 0.1) is 6.92 Å². The molecule has 2 nitrogen and oxygen atoms in total. The summed E-state index contributed by atoms with van der Waals surface area (Å²) in [7, 11) is 1.56. The first-order chi connectivity index (χ1) is 5.57. The van der Waals surface area contributed by atoms with Gasteiger partial charge in [-0.05, 0) is 50.4 Å². The Morgan fingerprint density at radius 3 is 2.42 bits per heavy atom. The van der Waals surface area contributed by atoms with Crippen molar-refractivity contribution in [3.63, 3.8) is 0 Å². The van der Waals surface area contributed by atoms with E-state index in [-0.39, 0.29) is 5.75 Å². The highest BCUT2D eigenvalue weighted by Gasteiger charge is 2.11. The number of rotatable bonds is 1. The van der Waals surface area contributed by atoms with Crippen LogP contribution in [0.4, 0.5) is 0 Å². The molecule has 0 aliphatic heterocycles. The first kappa shape index (κ1) is 9.86. The van der Waals surface area contributed by atoms with Gasteiger partial charge in [-0.3, -0.25) is 0 Å². The molecular formula is C8H8Br2O2. The Labute approximate surface area is 87.8 Å². The smallest absolute Gasteiger partial charge is 0.147 e. The fourth-order valence-corrected chi connectivity index (χ4v) is 1.93. The van der Waals surface area contributed by atoms with Crippen molar-refractivity contribution >= 4 is 31.9 Å². The molecule has 0 aromatic heterocycles. The summed E-state index contributed by atoms with van der Waals surface area (Å²) in [5.74, 6) is 0.806. The van der Waals surface area contributed by atoms with Gasteiger partial charge < -0.3 is 9.84 Å². The monoisotopic (exact) mass is 294 g/mol. The van der Waals surface area contributed by atoms with E-state index in [0.717, 1.165) is 5.56 Å². The van der Waals surface area contributed by atoms with Gasteiger partial charge in [0.2, 0.25) is 0 Å². The fraction of sp³-hybridized carbons (Fsp3) is 0.250. The number of aryl methyl sites for hydroxylation is 1. The van der Waals surface area contributed by atoms with Crippen LogP contribution in [-0.4, -0.2) is 12.2 Å². The highest BCUT2D eigenvalue weighted by Crippen LogP contribution is 2.41. The van der Waals surface area contributed by atoms with Crippen LogP contribution in [0.5, 0.6) is 11.5 Å². The predicted octanol–water partition coefficient (Wildman–Crippen LogP) is 3.23. The molecule has 0 atom stereocenters. The maximum absolute atomic E-state index is 9.53. The van der Waals surface area contributed by atoms with Crippen LogP contribution >= 0.6 is 31.9 Å². The van der Waals surface area contributed by atoms with Crippen LogP contribution in [0.15, 0.2) is 15.0 Å². The molecule has 0 aliphatic rings. The van der Waals surface area contributed by atoms with E-state index in [2.05, 4.69) is 31.9 Å². The van der Waals surface area contributed by atoms with Crippen molar-refractivity contribution in [3.05, 3.63) is 20.6 Å². The third-order valence-corrected chi connectivity index (χ3v) is 3.31. The SMILES string of the molecule is COc1cc(C)c(Br)c(O)c1Br. The number of benzene rings is 1. The number of phenols is 1. The van der Waals surface area contributed by atoms with Gasteiger partial charge in [-0.25, -0.2) is 0 Å². The molecular weight excluding hydrogens is 288 g/mol. The highest BCUT2D eigenvalue weighted by atomic mass is 79.9. The lowest BCUT2D eigenvalue weighted by Crippen LogP contribution is -1.87. The predicted molar refractivity (Wildman–Crippen MR) is 54.8 cm³/mol. The van der Waals surface area contributed by atoms with Crippen molar-refractivity contribution < 1.29 is 9.84 Å². The molecule has 0 amide bonds. The normalized spacial score (nSPS) is 10.0. The molecule has 1 N–H and O–H groups in total. The first-order valence-electron chi connectivity index (χ1n) is 3.29. The zero-order valence-electron chi connectivity index (χ0n) is 6.69. The summed E-state index contributed by atoms with van der Waals surface area (Å²) < 4.78 is 6.30. The minimum atomic E-state index is 0.173.